The number of rotatable bonds is 7. The molecule has 3 heteroatoms. The van der Waals surface area contributed by atoms with E-state index >= 15 is 0 Å². The molecular weight excluding hydrogens is 210 g/mol. The molecule has 17 heavy (non-hydrogen) atoms. The fourth-order valence-electron chi connectivity index (χ4n) is 2.07. The second kappa shape index (κ2) is 6.48. The van der Waals surface area contributed by atoms with Gasteiger partial charge >= 0.3 is 0 Å². The zero-order valence-electron chi connectivity index (χ0n) is 10.7. The summed E-state index contributed by atoms with van der Waals surface area (Å²) < 4.78 is 0. The first-order chi connectivity index (χ1) is 8.38. The molecule has 1 aliphatic carbocycles. The number of pyridine rings is 1. The standard InChI is InChI=1S/C14H23N3/c1-2-10-15-13-7-4-8-14(17-13)16-11-9-12-5-3-6-12/h4,7-8,12H,2-3,5-6,9-11H2,1H3,(H2,15,16,17). The third kappa shape index (κ3) is 3.91. The van der Waals surface area contributed by atoms with Crippen LogP contribution in [-0.2, 0) is 0 Å². The number of nitrogens with zero attached hydrogens (tertiary/aromatic N) is 1. The maximum atomic E-state index is 4.53. The van der Waals surface area contributed by atoms with E-state index in [0.717, 1.165) is 37.1 Å². The van der Waals surface area contributed by atoms with Gasteiger partial charge in [-0.25, -0.2) is 4.98 Å². The number of hydrogen-bond donors (Lipinski definition) is 2. The number of hydrogen-bond acceptors (Lipinski definition) is 3. The Balaban J connectivity index is 1.74. The van der Waals surface area contributed by atoms with Crippen LogP contribution in [0.25, 0.3) is 0 Å². The van der Waals surface area contributed by atoms with Crippen LogP contribution in [0, 0.1) is 5.92 Å². The third-order valence-corrected chi connectivity index (χ3v) is 3.39. The number of anilines is 2. The van der Waals surface area contributed by atoms with E-state index in [1.54, 1.807) is 0 Å². The maximum Gasteiger partial charge on any atom is 0.128 e. The zero-order chi connectivity index (χ0) is 11.9. The minimum atomic E-state index is 0.962. The van der Waals surface area contributed by atoms with Crippen LogP contribution in [0.5, 0.6) is 0 Å². The lowest BCUT2D eigenvalue weighted by molar-refractivity contribution is 0.303. The smallest absolute Gasteiger partial charge is 0.128 e. The van der Waals surface area contributed by atoms with Gasteiger partial charge in [-0.05, 0) is 30.9 Å². The summed E-state index contributed by atoms with van der Waals surface area (Å²) in [5, 5.41) is 6.71. The average molecular weight is 233 g/mol. The molecule has 3 nitrogen and oxygen atoms in total. The van der Waals surface area contributed by atoms with Gasteiger partial charge in [0, 0.05) is 13.1 Å². The topological polar surface area (TPSA) is 37.0 Å². The van der Waals surface area contributed by atoms with Gasteiger partial charge in [0.15, 0.2) is 0 Å². The van der Waals surface area contributed by atoms with Crippen LogP contribution in [-0.4, -0.2) is 18.1 Å². The molecule has 0 atom stereocenters. The van der Waals surface area contributed by atoms with Gasteiger partial charge in [-0.3, -0.25) is 0 Å². The molecule has 0 saturated heterocycles. The molecule has 0 radical (unpaired) electrons. The second-order valence-electron chi connectivity index (χ2n) is 4.85. The highest BCUT2D eigenvalue weighted by molar-refractivity contribution is 5.44. The van der Waals surface area contributed by atoms with Crippen molar-refractivity contribution < 1.29 is 0 Å². The summed E-state index contributed by atoms with van der Waals surface area (Å²) >= 11 is 0. The Morgan fingerprint density at radius 2 is 1.88 bits per heavy atom. The molecule has 1 aromatic heterocycles. The van der Waals surface area contributed by atoms with Gasteiger partial charge < -0.3 is 10.6 Å². The van der Waals surface area contributed by atoms with E-state index in [4.69, 9.17) is 0 Å². The molecule has 0 unspecified atom stereocenters. The molecule has 1 heterocycles. The van der Waals surface area contributed by atoms with Crippen molar-refractivity contribution in [2.75, 3.05) is 23.7 Å². The van der Waals surface area contributed by atoms with E-state index in [-0.39, 0.29) is 0 Å². The molecule has 1 aliphatic rings. The van der Waals surface area contributed by atoms with Gasteiger partial charge in [-0.1, -0.05) is 32.3 Å². The highest BCUT2D eigenvalue weighted by atomic mass is 15.1. The second-order valence-corrected chi connectivity index (χ2v) is 4.85. The Morgan fingerprint density at radius 3 is 2.47 bits per heavy atom. The van der Waals surface area contributed by atoms with Gasteiger partial charge in [0.1, 0.15) is 11.6 Å². The first-order valence-corrected chi connectivity index (χ1v) is 6.83. The van der Waals surface area contributed by atoms with E-state index in [1.165, 1.54) is 25.7 Å². The fourth-order valence-corrected chi connectivity index (χ4v) is 2.07. The van der Waals surface area contributed by atoms with Crippen molar-refractivity contribution in [1.29, 1.82) is 0 Å². The Hall–Kier alpha value is -1.25. The highest BCUT2D eigenvalue weighted by Crippen LogP contribution is 2.29. The largest absolute Gasteiger partial charge is 0.370 e. The molecule has 1 saturated carbocycles. The van der Waals surface area contributed by atoms with E-state index in [1.807, 2.05) is 12.1 Å². The van der Waals surface area contributed by atoms with Crippen LogP contribution in [0.3, 0.4) is 0 Å². The normalized spacial score (nSPS) is 15.4. The summed E-state index contributed by atoms with van der Waals surface area (Å²) in [6, 6.07) is 6.11. The Morgan fingerprint density at radius 1 is 1.18 bits per heavy atom. The summed E-state index contributed by atoms with van der Waals surface area (Å²) in [6.45, 7) is 4.20. The molecule has 0 bridgehead atoms. The quantitative estimate of drug-likeness (QED) is 0.756. The van der Waals surface area contributed by atoms with Crippen LogP contribution in [0.2, 0.25) is 0 Å². The van der Waals surface area contributed by atoms with Crippen molar-refractivity contribution in [2.45, 2.75) is 39.0 Å². The van der Waals surface area contributed by atoms with Gasteiger partial charge in [-0.2, -0.15) is 0 Å². The summed E-state index contributed by atoms with van der Waals surface area (Å²) in [4.78, 5) is 4.53. The summed E-state index contributed by atoms with van der Waals surface area (Å²) in [5.41, 5.74) is 0. The van der Waals surface area contributed by atoms with Crippen molar-refractivity contribution >= 4 is 11.6 Å². The average Bonchev–Trinajstić information content (AvgIpc) is 2.30. The lowest BCUT2D eigenvalue weighted by atomic mass is 9.83. The van der Waals surface area contributed by atoms with E-state index in [9.17, 15) is 0 Å². The molecule has 0 amide bonds. The van der Waals surface area contributed by atoms with E-state index in [2.05, 4.69) is 28.6 Å². The molecular formula is C14H23N3. The van der Waals surface area contributed by atoms with Crippen LogP contribution in [0.4, 0.5) is 11.6 Å². The monoisotopic (exact) mass is 233 g/mol. The Kier molecular flexibility index (Phi) is 4.65. The van der Waals surface area contributed by atoms with E-state index in [0.29, 0.717) is 0 Å². The molecule has 2 rings (SSSR count). The summed E-state index contributed by atoms with van der Waals surface area (Å²) in [7, 11) is 0. The predicted octanol–water partition coefficient (Wildman–Crippen LogP) is 3.51. The van der Waals surface area contributed by atoms with Crippen molar-refractivity contribution in [1.82, 2.24) is 4.98 Å². The SMILES string of the molecule is CCCNc1cccc(NCCC2CCC2)n1. The van der Waals surface area contributed by atoms with Crippen molar-refractivity contribution in [3.05, 3.63) is 18.2 Å². The molecule has 1 aromatic rings. The molecule has 0 aromatic carbocycles. The Labute approximate surface area is 104 Å². The number of aromatic nitrogens is 1. The lowest BCUT2D eigenvalue weighted by Crippen LogP contribution is -2.16. The van der Waals surface area contributed by atoms with Crippen molar-refractivity contribution in [3.8, 4) is 0 Å². The van der Waals surface area contributed by atoms with Gasteiger partial charge in [0.2, 0.25) is 0 Å². The first kappa shape index (κ1) is 12.2. The highest BCUT2D eigenvalue weighted by Gasteiger charge is 2.16. The van der Waals surface area contributed by atoms with E-state index < -0.39 is 0 Å². The predicted molar refractivity (Wildman–Crippen MR) is 73.5 cm³/mol. The molecule has 0 aliphatic heterocycles. The lowest BCUT2D eigenvalue weighted by Gasteiger charge is -2.25. The molecule has 0 spiro atoms. The molecule has 2 N–H and O–H groups in total. The minimum absolute atomic E-state index is 0.962. The summed E-state index contributed by atoms with van der Waals surface area (Å²) in [6.07, 6.45) is 6.69. The molecule has 1 fully saturated rings. The third-order valence-electron chi connectivity index (χ3n) is 3.39. The van der Waals surface area contributed by atoms with Crippen molar-refractivity contribution in [2.24, 2.45) is 5.92 Å². The fraction of sp³-hybridized carbons (Fsp3) is 0.643. The van der Waals surface area contributed by atoms with Gasteiger partial charge in [0.05, 0.1) is 0 Å². The van der Waals surface area contributed by atoms with Crippen LogP contribution in [0.1, 0.15) is 39.0 Å². The van der Waals surface area contributed by atoms with Crippen LogP contribution < -0.4 is 10.6 Å². The first-order valence-electron chi connectivity index (χ1n) is 6.83. The van der Waals surface area contributed by atoms with Gasteiger partial charge in [-0.15, -0.1) is 0 Å². The summed E-state index contributed by atoms with van der Waals surface area (Å²) in [5.74, 6) is 2.93. The van der Waals surface area contributed by atoms with Crippen LogP contribution >= 0.6 is 0 Å². The molecule has 94 valence electrons. The minimum Gasteiger partial charge on any atom is -0.370 e. The number of nitrogens with one attached hydrogen (secondary N) is 2. The van der Waals surface area contributed by atoms with Crippen molar-refractivity contribution in [3.63, 3.8) is 0 Å². The Bertz CT molecular complexity index is 334. The van der Waals surface area contributed by atoms with Crippen LogP contribution in [0.15, 0.2) is 18.2 Å². The maximum absolute atomic E-state index is 4.53. The van der Waals surface area contributed by atoms with Gasteiger partial charge in [0.25, 0.3) is 0 Å². The zero-order valence-corrected chi connectivity index (χ0v) is 10.7.